The van der Waals surface area contributed by atoms with E-state index in [0.717, 1.165) is 0 Å². The Morgan fingerprint density at radius 3 is 2.77 bits per heavy atom. The van der Waals surface area contributed by atoms with Crippen molar-refractivity contribution in [3.8, 4) is 11.1 Å². The van der Waals surface area contributed by atoms with Crippen molar-refractivity contribution in [3.05, 3.63) is 64.3 Å². The van der Waals surface area contributed by atoms with E-state index < -0.39 is 24.0 Å². The molecule has 2 atom stereocenters. The predicted octanol–water partition coefficient (Wildman–Crippen LogP) is 2.25. The minimum absolute atomic E-state index is 0.123. The molecule has 5 rings (SSSR count). The first-order valence-electron chi connectivity index (χ1n) is 11.8. The molecule has 39 heavy (non-hydrogen) atoms. The number of aromatic nitrogens is 5. The number of nitrogen functional groups attached to an aromatic ring is 1. The van der Waals surface area contributed by atoms with E-state index in [2.05, 4.69) is 36.3 Å². The first-order chi connectivity index (χ1) is 18.6. The van der Waals surface area contributed by atoms with E-state index in [1.165, 1.54) is 28.9 Å². The number of pyridine rings is 1. The number of halogens is 2. The van der Waals surface area contributed by atoms with Crippen LogP contribution in [0.1, 0.15) is 23.8 Å². The molecule has 1 fully saturated rings. The van der Waals surface area contributed by atoms with Gasteiger partial charge in [-0.2, -0.15) is 5.10 Å². The number of nitrogens with two attached hydrogens (primary N) is 1. The monoisotopic (exact) mass is 596 g/mol. The number of nitrogens with zero attached hydrogens (tertiary/aromatic N) is 6. The van der Waals surface area contributed by atoms with Gasteiger partial charge in [0.15, 0.2) is 5.78 Å². The van der Waals surface area contributed by atoms with Crippen LogP contribution in [-0.2, 0) is 16.1 Å². The summed E-state index contributed by atoms with van der Waals surface area (Å²) in [6, 6.07) is 8.95. The normalized spacial score (nSPS) is 16.9. The Bertz CT molecular complexity index is 1630. The predicted molar refractivity (Wildman–Crippen MR) is 142 cm³/mol. The maximum Gasteiger partial charge on any atom is 0.389 e. The van der Waals surface area contributed by atoms with Crippen LogP contribution in [0.15, 0.2) is 53.4 Å². The van der Waals surface area contributed by atoms with Gasteiger partial charge in [0.1, 0.15) is 41.1 Å². The van der Waals surface area contributed by atoms with Gasteiger partial charge < -0.3 is 15.4 Å². The maximum absolute atomic E-state index is 14.4. The molecular formula is C25H22BrFN8O4. The molecule has 1 aromatic carbocycles. The topological polar surface area (TPSA) is 163 Å². The Hall–Kier alpha value is -4.46. The molecule has 200 valence electrons. The highest BCUT2D eigenvalue weighted by Gasteiger charge is 2.40. The zero-order valence-corrected chi connectivity index (χ0v) is 22.1. The zero-order chi connectivity index (χ0) is 27.8. The quantitative estimate of drug-likeness (QED) is 0.148. The molecule has 0 radical (unpaired) electrons. The molecule has 3 aromatic heterocycles. The lowest BCUT2D eigenvalue weighted by molar-refractivity contribution is -0.592. The molecule has 4 heterocycles. The summed E-state index contributed by atoms with van der Waals surface area (Å²) in [5.74, 6) is -1.35. The van der Waals surface area contributed by atoms with Crippen LogP contribution in [0.3, 0.4) is 0 Å². The highest BCUT2D eigenvalue weighted by atomic mass is 79.9. The van der Waals surface area contributed by atoms with Crippen LogP contribution in [-0.4, -0.2) is 61.0 Å². The zero-order valence-electron chi connectivity index (χ0n) is 20.5. The van der Waals surface area contributed by atoms with Crippen LogP contribution in [0.4, 0.5) is 16.2 Å². The summed E-state index contributed by atoms with van der Waals surface area (Å²) >= 11 is 3.23. The van der Waals surface area contributed by atoms with Crippen molar-refractivity contribution in [3.63, 3.8) is 0 Å². The molecule has 1 aliphatic heterocycles. The number of amides is 2. The summed E-state index contributed by atoms with van der Waals surface area (Å²) in [5.41, 5.74) is 7.16. The highest BCUT2D eigenvalue weighted by molar-refractivity contribution is 9.10. The van der Waals surface area contributed by atoms with E-state index in [0.29, 0.717) is 31.4 Å². The first-order valence-corrected chi connectivity index (χ1v) is 12.6. The number of fused-ring (bicyclic) bond motifs is 1. The molecule has 0 unspecified atom stereocenters. The molecule has 4 aromatic rings. The van der Waals surface area contributed by atoms with Crippen LogP contribution in [0.2, 0.25) is 0 Å². The second kappa shape index (κ2) is 10.4. The minimum Gasteiger partial charge on any atom is -0.740 e. The van der Waals surface area contributed by atoms with Crippen molar-refractivity contribution in [2.75, 3.05) is 17.6 Å². The van der Waals surface area contributed by atoms with Crippen molar-refractivity contribution in [1.82, 2.24) is 24.6 Å². The second-order valence-corrected chi connectivity index (χ2v) is 9.86. The Kier molecular flexibility index (Phi) is 6.95. The summed E-state index contributed by atoms with van der Waals surface area (Å²) < 4.78 is 16.7. The number of benzene rings is 1. The van der Waals surface area contributed by atoms with Crippen LogP contribution in [0.5, 0.6) is 0 Å². The summed E-state index contributed by atoms with van der Waals surface area (Å²) in [7, 11) is 0. The number of carbonyl (C=O) groups excluding carboxylic acids is 3. The third-order valence-corrected chi connectivity index (χ3v) is 6.80. The standard InChI is InChI=1S/C25H22BrFN8O4/c1-13(36)23-17-7-14(15-9-29-25(28)35(39)10-15)5-6-18(17)34(32-23)12-22(37)33-11-16(27)8-19(33)24(38)31-21-4-2-3-20(26)30-21/h2-7,9-10,16,19H,8,11-12H2,1H3,(H2,28,29)(H,30,31,38)/t16-,19+/m1/s1. The number of alkyl halides is 1. The molecular weight excluding hydrogens is 575 g/mol. The van der Waals surface area contributed by atoms with Gasteiger partial charge in [0.25, 0.3) is 0 Å². The number of nitrogens with one attached hydrogen (secondary N) is 1. The fourth-order valence-electron chi connectivity index (χ4n) is 4.52. The van der Waals surface area contributed by atoms with Crippen molar-refractivity contribution in [2.24, 2.45) is 0 Å². The third kappa shape index (κ3) is 5.27. The van der Waals surface area contributed by atoms with Crippen molar-refractivity contribution in [2.45, 2.75) is 32.1 Å². The summed E-state index contributed by atoms with van der Waals surface area (Å²) in [5, 5.41) is 19.3. The third-order valence-electron chi connectivity index (χ3n) is 6.36. The van der Waals surface area contributed by atoms with Gasteiger partial charge in [-0.3, -0.25) is 24.8 Å². The molecule has 0 saturated carbocycles. The average molecular weight is 597 g/mol. The molecule has 1 saturated heterocycles. The number of ketones is 1. The summed E-state index contributed by atoms with van der Waals surface area (Å²) in [6.07, 6.45) is 1.17. The molecule has 2 amide bonds. The first kappa shape index (κ1) is 26.2. The average Bonchev–Trinajstić information content (AvgIpc) is 3.46. The Labute approximate surface area is 229 Å². The SMILES string of the molecule is CC(=O)c1nn(CC(=O)N2C[C@H](F)C[C@H]2C(=O)Nc2cccc(Br)n2)c2ccc(-c3cnc(N)[n+]([O-])c3)cc12. The van der Waals surface area contributed by atoms with Gasteiger partial charge in [0, 0.05) is 24.3 Å². The lowest BCUT2D eigenvalue weighted by Crippen LogP contribution is -2.44. The van der Waals surface area contributed by atoms with E-state index in [1.807, 2.05) is 0 Å². The molecule has 0 spiro atoms. The van der Waals surface area contributed by atoms with Crippen LogP contribution in [0.25, 0.3) is 22.0 Å². The molecule has 0 aliphatic carbocycles. The number of Topliss-reactive ketones (excluding diaryl/α,β-unsaturated/α-hetero) is 1. The maximum atomic E-state index is 14.4. The Balaban J connectivity index is 1.42. The highest BCUT2D eigenvalue weighted by Crippen LogP contribution is 2.28. The van der Waals surface area contributed by atoms with E-state index >= 15 is 0 Å². The Morgan fingerprint density at radius 1 is 1.26 bits per heavy atom. The lowest BCUT2D eigenvalue weighted by atomic mass is 10.0. The number of hydrogen-bond acceptors (Lipinski definition) is 8. The Morgan fingerprint density at radius 2 is 2.05 bits per heavy atom. The number of likely N-dealkylation sites (tertiary alicyclic amines) is 1. The van der Waals surface area contributed by atoms with Crippen LogP contribution >= 0.6 is 15.9 Å². The molecule has 3 N–H and O–H groups in total. The van der Waals surface area contributed by atoms with Gasteiger partial charge in [0.05, 0.1) is 18.3 Å². The number of carbonyl (C=O) groups is 3. The van der Waals surface area contributed by atoms with Gasteiger partial charge in [0.2, 0.25) is 11.8 Å². The van der Waals surface area contributed by atoms with Gasteiger partial charge in [-0.05, 0) is 45.8 Å². The van der Waals surface area contributed by atoms with Crippen molar-refractivity contribution < 1.29 is 23.5 Å². The fraction of sp³-hybridized carbons (Fsp3) is 0.240. The van der Waals surface area contributed by atoms with Crippen LogP contribution in [0, 0.1) is 5.21 Å². The summed E-state index contributed by atoms with van der Waals surface area (Å²) in [4.78, 5) is 47.8. The largest absolute Gasteiger partial charge is 0.740 e. The van der Waals surface area contributed by atoms with Crippen molar-refractivity contribution in [1.29, 1.82) is 0 Å². The van der Waals surface area contributed by atoms with Gasteiger partial charge in [-0.15, -0.1) is 0 Å². The summed E-state index contributed by atoms with van der Waals surface area (Å²) in [6.45, 7) is 0.783. The van der Waals surface area contributed by atoms with E-state index in [1.54, 1.807) is 36.4 Å². The number of anilines is 2. The second-order valence-electron chi connectivity index (χ2n) is 9.05. The van der Waals surface area contributed by atoms with Gasteiger partial charge in [-0.25, -0.2) is 14.1 Å². The minimum atomic E-state index is -1.37. The van der Waals surface area contributed by atoms with E-state index in [4.69, 9.17) is 5.73 Å². The molecule has 0 bridgehead atoms. The smallest absolute Gasteiger partial charge is 0.389 e. The van der Waals surface area contributed by atoms with Gasteiger partial charge >= 0.3 is 5.95 Å². The van der Waals surface area contributed by atoms with Gasteiger partial charge in [-0.1, -0.05) is 17.1 Å². The van der Waals surface area contributed by atoms with E-state index in [9.17, 15) is 24.0 Å². The lowest BCUT2D eigenvalue weighted by Gasteiger charge is -2.23. The van der Waals surface area contributed by atoms with Crippen LogP contribution < -0.4 is 15.8 Å². The number of hydrogen-bond donors (Lipinski definition) is 2. The molecule has 14 heteroatoms. The molecule has 12 nitrogen and oxygen atoms in total. The molecule has 1 aliphatic rings. The van der Waals surface area contributed by atoms with E-state index in [-0.39, 0.29) is 42.8 Å². The van der Waals surface area contributed by atoms with Crippen molar-refractivity contribution >= 4 is 56.2 Å². The fourth-order valence-corrected chi connectivity index (χ4v) is 4.87. The number of rotatable bonds is 6.